The lowest BCUT2D eigenvalue weighted by Crippen LogP contribution is -2.43. The van der Waals surface area contributed by atoms with Crippen LogP contribution in [0.2, 0.25) is 0 Å². The molecule has 1 unspecified atom stereocenters. The Labute approximate surface area is 179 Å². The van der Waals surface area contributed by atoms with Gasteiger partial charge in [0.05, 0.1) is 13.2 Å². The normalized spacial score (nSPS) is 17.4. The molecule has 7 heteroatoms. The molecule has 152 valence electrons. The van der Waals surface area contributed by atoms with E-state index in [0.717, 1.165) is 32.1 Å². The molecule has 0 aromatic heterocycles. The van der Waals surface area contributed by atoms with Gasteiger partial charge in [-0.15, -0.1) is 24.0 Å². The molecule has 1 aliphatic rings. The van der Waals surface area contributed by atoms with Crippen molar-refractivity contribution in [3.63, 3.8) is 0 Å². The van der Waals surface area contributed by atoms with Crippen molar-refractivity contribution in [1.29, 1.82) is 0 Å². The van der Waals surface area contributed by atoms with Gasteiger partial charge in [0, 0.05) is 26.1 Å². The van der Waals surface area contributed by atoms with Crippen molar-refractivity contribution in [2.75, 3.05) is 33.3 Å². The zero-order valence-corrected chi connectivity index (χ0v) is 19.1. The fourth-order valence-corrected chi connectivity index (χ4v) is 2.94. The molecule has 1 aliphatic heterocycles. The van der Waals surface area contributed by atoms with Gasteiger partial charge in [-0.1, -0.05) is 30.3 Å². The SMILES string of the molecule is CN=C(NCC(=O)OC(C)(C)C)N1CCC(COCc2ccccc2)C1.I. The predicted molar refractivity (Wildman–Crippen MR) is 118 cm³/mol. The molecule has 0 bridgehead atoms. The minimum atomic E-state index is -0.475. The maximum atomic E-state index is 11.9. The van der Waals surface area contributed by atoms with Gasteiger partial charge in [0.1, 0.15) is 12.1 Å². The molecule has 1 atom stereocenters. The third kappa shape index (κ3) is 8.92. The number of halogens is 1. The van der Waals surface area contributed by atoms with Gasteiger partial charge < -0.3 is 19.7 Å². The van der Waals surface area contributed by atoms with E-state index in [9.17, 15) is 4.79 Å². The first-order valence-electron chi connectivity index (χ1n) is 9.16. The molecule has 1 saturated heterocycles. The van der Waals surface area contributed by atoms with Crippen LogP contribution in [0.3, 0.4) is 0 Å². The minimum Gasteiger partial charge on any atom is -0.459 e. The highest BCUT2D eigenvalue weighted by Crippen LogP contribution is 2.17. The Kier molecular flexibility index (Phi) is 10.1. The topological polar surface area (TPSA) is 63.2 Å². The van der Waals surface area contributed by atoms with Crippen molar-refractivity contribution >= 4 is 35.9 Å². The van der Waals surface area contributed by atoms with E-state index in [0.29, 0.717) is 12.5 Å². The van der Waals surface area contributed by atoms with Gasteiger partial charge in [0.15, 0.2) is 5.96 Å². The summed E-state index contributed by atoms with van der Waals surface area (Å²) in [6.07, 6.45) is 1.06. The fourth-order valence-electron chi connectivity index (χ4n) is 2.94. The molecule has 0 amide bonds. The van der Waals surface area contributed by atoms with Gasteiger partial charge in [0.2, 0.25) is 0 Å². The summed E-state index contributed by atoms with van der Waals surface area (Å²) < 4.78 is 11.2. The maximum absolute atomic E-state index is 11.9. The van der Waals surface area contributed by atoms with Crippen LogP contribution < -0.4 is 5.32 Å². The first kappa shape index (κ1) is 23.7. The Morgan fingerprint density at radius 1 is 1.30 bits per heavy atom. The predicted octanol–water partition coefficient (Wildman–Crippen LogP) is 3.06. The van der Waals surface area contributed by atoms with E-state index in [4.69, 9.17) is 9.47 Å². The molecule has 0 saturated carbocycles. The highest BCUT2D eigenvalue weighted by atomic mass is 127. The number of esters is 1. The van der Waals surface area contributed by atoms with Gasteiger partial charge in [-0.25, -0.2) is 0 Å². The summed E-state index contributed by atoms with van der Waals surface area (Å²) in [4.78, 5) is 18.3. The van der Waals surface area contributed by atoms with Crippen LogP contribution in [0.4, 0.5) is 0 Å². The minimum absolute atomic E-state index is 0. The number of hydrogen-bond acceptors (Lipinski definition) is 4. The quantitative estimate of drug-likeness (QED) is 0.288. The van der Waals surface area contributed by atoms with E-state index in [1.54, 1.807) is 7.05 Å². The second-order valence-electron chi connectivity index (χ2n) is 7.59. The van der Waals surface area contributed by atoms with Crippen LogP contribution in [-0.2, 0) is 20.9 Å². The Balaban J connectivity index is 0.00000364. The number of carbonyl (C=O) groups excluding carboxylic acids is 1. The average molecular weight is 489 g/mol. The third-order valence-corrected chi connectivity index (χ3v) is 4.07. The molecule has 27 heavy (non-hydrogen) atoms. The Bertz CT molecular complexity index is 602. The lowest BCUT2D eigenvalue weighted by atomic mass is 10.1. The molecule has 1 heterocycles. The summed E-state index contributed by atoms with van der Waals surface area (Å²) in [6, 6.07) is 10.2. The van der Waals surface area contributed by atoms with Crippen molar-refractivity contribution in [3.8, 4) is 0 Å². The Morgan fingerprint density at radius 3 is 2.63 bits per heavy atom. The molecular formula is C20H32IN3O3. The number of benzene rings is 1. The molecule has 1 fully saturated rings. The van der Waals surface area contributed by atoms with Crippen molar-refractivity contribution in [3.05, 3.63) is 35.9 Å². The van der Waals surface area contributed by atoms with Crippen molar-refractivity contribution < 1.29 is 14.3 Å². The summed E-state index contributed by atoms with van der Waals surface area (Å²) in [5.41, 5.74) is 0.717. The van der Waals surface area contributed by atoms with E-state index in [-0.39, 0.29) is 36.5 Å². The monoisotopic (exact) mass is 489 g/mol. The highest BCUT2D eigenvalue weighted by Gasteiger charge is 2.25. The van der Waals surface area contributed by atoms with Gasteiger partial charge in [0.25, 0.3) is 0 Å². The number of ether oxygens (including phenoxy) is 2. The molecule has 1 aromatic rings. The van der Waals surface area contributed by atoms with Gasteiger partial charge in [-0.3, -0.25) is 9.79 Å². The summed E-state index contributed by atoms with van der Waals surface area (Å²) in [7, 11) is 1.73. The molecule has 0 spiro atoms. The zero-order valence-electron chi connectivity index (χ0n) is 16.7. The second-order valence-corrected chi connectivity index (χ2v) is 7.59. The molecule has 2 rings (SSSR count). The van der Waals surface area contributed by atoms with Crippen molar-refractivity contribution in [2.24, 2.45) is 10.9 Å². The summed E-state index contributed by atoms with van der Waals surface area (Å²) >= 11 is 0. The zero-order chi connectivity index (χ0) is 19.0. The summed E-state index contributed by atoms with van der Waals surface area (Å²) in [5, 5.41) is 3.10. The summed E-state index contributed by atoms with van der Waals surface area (Å²) in [5.74, 6) is 0.931. The van der Waals surface area contributed by atoms with E-state index in [1.165, 1.54) is 5.56 Å². The lowest BCUT2D eigenvalue weighted by molar-refractivity contribution is -0.153. The first-order valence-corrected chi connectivity index (χ1v) is 9.16. The molecular weight excluding hydrogens is 457 g/mol. The van der Waals surface area contributed by atoms with E-state index in [1.807, 2.05) is 39.0 Å². The lowest BCUT2D eigenvalue weighted by Gasteiger charge is -2.23. The average Bonchev–Trinajstić information content (AvgIpc) is 3.03. The number of guanidine groups is 1. The first-order chi connectivity index (χ1) is 12.4. The molecule has 0 aliphatic carbocycles. The van der Waals surface area contributed by atoms with Crippen molar-refractivity contribution in [1.82, 2.24) is 10.2 Å². The third-order valence-electron chi connectivity index (χ3n) is 4.07. The maximum Gasteiger partial charge on any atom is 0.325 e. The van der Waals surface area contributed by atoms with Gasteiger partial charge >= 0.3 is 5.97 Å². The smallest absolute Gasteiger partial charge is 0.325 e. The van der Waals surface area contributed by atoms with E-state index < -0.39 is 5.60 Å². The van der Waals surface area contributed by atoms with Crippen molar-refractivity contribution in [2.45, 2.75) is 39.4 Å². The Morgan fingerprint density at radius 2 is 2.00 bits per heavy atom. The number of hydrogen-bond donors (Lipinski definition) is 1. The number of aliphatic imine (C=N–C) groups is 1. The van der Waals surface area contributed by atoms with Crippen LogP contribution in [0.15, 0.2) is 35.3 Å². The van der Waals surface area contributed by atoms with Crippen LogP contribution in [0, 0.1) is 5.92 Å². The Hall–Kier alpha value is -1.35. The fraction of sp³-hybridized carbons (Fsp3) is 0.600. The highest BCUT2D eigenvalue weighted by molar-refractivity contribution is 14.0. The standard InChI is InChI=1S/C20H31N3O3.HI/c1-20(2,3)26-18(24)12-22-19(21-4)23-11-10-17(13-23)15-25-14-16-8-6-5-7-9-16;/h5-9,17H,10-15H2,1-4H3,(H,21,22);1H. The van der Waals surface area contributed by atoms with E-state index in [2.05, 4.69) is 27.3 Å². The van der Waals surface area contributed by atoms with Gasteiger partial charge in [-0.2, -0.15) is 0 Å². The van der Waals surface area contributed by atoms with Crippen LogP contribution in [0.5, 0.6) is 0 Å². The van der Waals surface area contributed by atoms with Crippen LogP contribution in [0.1, 0.15) is 32.8 Å². The number of nitrogens with zero attached hydrogens (tertiary/aromatic N) is 2. The van der Waals surface area contributed by atoms with E-state index >= 15 is 0 Å². The van der Waals surface area contributed by atoms with Crippen LogP contribution >= 0.6 is 24.0 Å². The molecule has 1 aromatic carbocycles. The number of carbonyl (C=O) groups is 1. The van der Waals surface area contributed by atoms with Crippen LogP contribution in [-0.4, -0.2) is 55.7 Å². The van der Waals surface area contributed by atoms with Gasteiger partial charge in [-0.05, 0) is 32.8 Å². The second kappa shape index (κ2) is 11.5. The molecule has 6 nitrogen and oxygen atoms in total. The number of nitrogens with one attached hydrogen (secondary N) is 1. The molecule has 1 N–H and O–H groups in total. The largest absolute Gasteiger partial charge is 0.459 e. The molecule has 0 radical (unpaired) electrons. The summed E-state index contributed by atoms with van der Waals surface area (Å²) in [6.45, 7) is 8.86. The number of rotatable bonds is 6. The van der Waals surface area contributed by atoms with Crippen LogP contribution in [0.25, 0.3) is 0 Å². The number of likely N-dealkylation sites (tertiary alicyclic amines) is 1.